The Labute approximate surface area is 145 Å². The van der Waals surface area contributed by atoms with Crippen LogP contribution in [0.5, 0.6) is 5.75 Å². The molecule has 24 heavy (non-hydrogen) atoms. The summed E-state index contributed by atoms with van der Waals surface area (Å²) in [6.45, 7) is 7.71. The maximum absolute atomic E-state index is 12.8. The van der Waals surface area contributed by atoms with Gasteiger partial charge in [-0.3, -0.25) is 9.69 Å². The summed E-state index contributed by atoms with van der Waals surface area (Å²) in [5, 5.41) is 0. The molecule has 1 aromatic carbocycles. The maximum Gasteiger partial charge on any atom is 0.227 e. The molecule has 0 bridgehead atoms. The molecule has 4 nitrogen and oxygen atoms in total. The third kappa shape index (κ3) is 3.48. The molecule has 2 aliphatic rings. The Morgan fingerprint density at radius 2 is 1.96 bits per heavy atom. The monoisotopic (exact) mass is 328 g/mol. The SMILES string of the molecule is C=CCN1CCC[C@]12CCCN(C(=O)Cc1ccc(OC)cc1)C2. The number of carbonyl (C=O) groups excluding carboxylic acids is 1. The summed E-state index contributed by atoms with van der Waals surface area (Å²) < 4.78 is 5.18. The molecule has 3 rings (SSSR count). The first-order chi connectivity index (χ1) is 11.7. The second-order valence-corrected chi connectivity index (χ2v) is 7.01. The van der Waals surface area contributed by atoms with Crippen molar-refractivity contribution in [1.29, 1.82) is 0 Å². The van der Waals surface area contributed by atoms with E-state index in [0.717, 1.165) is 43.9 Å². The van der Waals surface area contributed by atoms with Gasteiger partial charge in [0.05, 0.1) is 13.5 Å². The van der Waals surface area contributed by atoms with Crippen LogP contribution in [-0.2, 0) is 11.2 Å². The topological polar surface area (TPSA) is 32.8 Å². The number of amides is 1. The second-order valence-electron chi connectivity index (χ2n) is 7.01. The molecule has 2 fully saturated rings. The third-order valence-electron chi connectivity index (χ3n) is 5.51. The lowest BCUT2D eigenvalue weighted by Crippen LogP contribution is -2.57. The molecule has 4 heteroatoms. The van der Waals surface area contributed by atoms with Gasteiger partial charge in [0, 0.05) is 25.2 Å². The number of ether oxygens (including phenoxy) is 1. The van der Waals surface area contributed by atoms with Gasteiger partial charge in [0.2, 0.25) is 5.91 Å². The van der Waals surface area contributed by atoms with Crippen LogP contribution in [0.4, 0.5) is 0 Å². The molecular formula is C20H28N2O2. The first-order valence-corrected chi connectivity index (χ1v) is 8.93. The van der Waals surface area contributed by atoms with Crippen LogP contribution >= 0.6 is 0 Å². The molecular weight excluding hydrogens is 300 g/mol. The number of rotatable bonds is 5. The minimum atomic E-state index is 0.183. The van der Waals surface area contributed by atoms with Crippen LogP contribution in [0.3, 0.4) is 0 Å². The smallest absolute Gasteiger partial charge is 0.227 e. The van der Waals surface area contributed by atoms with Gasteiger partial charge in [-0.15, -0.1) is 6.58 Å². The van der Waals surface area contributed by atoms with E-state index in [2.05, 4.69) is 16.4 Å². The largest absolute Gasteiger partial charge is 0.497 e. The molecule has 1 aromatic rings. The van der Waals surface area contributed by atoms with Gasteiger partial charge >= 0.3 is 0 Å². The summed E-state index contributed by atoms with van der Waals surface area (Å²) in [6, 6.07) is 7.80. The minimum Gasteiger partial charge on any atom is -0.497 e. The highest BCUT2D eigenvalue weighted by molar-refractivity contribution is 5.79. The average molecular weight is 328 g/mol. The van der Waals surface area contributed by atoms with Crippen LogP contribution in [0.1, 0.15) is 31.2 Å². The molecule has 0 aliphatic carbocycles. The van der Waals surface area contributed by atoms with Gasteiger partial charge in [-0.1, -0.05) is 18.2 Å². The summed E-state index contributed by atoms with van der Waals surface area (Å²) in [6.07, 6.45) is 7.20. The predicted octanol–water partition coefficient (Wildman–Crippen LogP) is 2.88. The molecule has 0 radical (unpaired) electrons. The Hall–Kier alpha value is -1.81. The lowest BCUT2D eigenvalue weighted by Gasteiger charge is -2.46. The quantitative estimate of drug-likeness (QED) is 0.779. The standard InChI is InChI=1S/C20H28N2O2/c1-3-12-22-14-5-11-20(22)10-4-13-21(16-20)19(23)15-17-6-8-18(24-2)9-7-17/h3,6-9H,1,4-5,10-16H2,2H3/t20-/m0/s1. The Morgan fingerprint density at radius 1 is 1.25 bits per heavy atom. The van der Waals surface area contributed by atoms with E-state index in [1.165, 1.54) is 19.3 Å². The first-order valence-electron chi connectivity index (χ1n) is 8.93. The highest BCUT2D eigenvalue weighted by Gasteiger charge is 2.44. The van der Waals surface area contributed by atoms with Crippen molar-refractivity contribution < 1.29 is 9.53 Å². The van der Waals surface area contributed by atoms with Crippen LogP contribution in [0, 0.1) is 0 Å². The molecule has 1 atom stereocenters. The van der Waals surface area contributed by atoms with Crippen LogP contribution in [0.2, 0.25) is 0 Å². The number of nitrogens with zero attached hydrogens (tertiary/aromatic N) is 2. The Bertz CT molecular complexity index is 584. The number of methoxy groups -OCH3 is 1. The fourth-order valence-electron chi connectivity index (χ4n) is 4.25. The molecule has 0 N–H and O–H groups in total. The molecule has 0 unspecified atom stereocenters. The van der Waals surface area contributed by atoms with E-state index in [4.69, 9.17) is 4.74 Å². The lowest BCUT2D eigenvalue weighted by molar-refractivity contribution is -0.134. The van der Waals surface area contributed by atoms with Crippen LogP contribution in [-0.4, -0.2) is 54.5 Å². The number of piperidine rings is 1. The average Bonchev–Trinajstić information content (AvgIpc) is 2.97. The van der Waals surface area contributed by atoms with Crippen LogP contribution < -0.4 is 4.74 Å². The van der Waals surface area contributed by atoms with E-state index in [9.17, 15) is 4.79 Å². The van der Waals surface area contributed by atoms with Gasteiger partial charge in [-0.05, 0) is 49.9 Å². The zero-order valence-corrected chi connectivity index (χ0v) is 14.7. The minimum absolute atomic E-state index is 0.183. The lowest BCUT2D eigenvalue weighted by atomic mass is 9.86. The Kier molecular flexibility index (Phi) is 5.24. The highest BCUT2D eigenvalue weighted by Crippen LogP contribution is 2.37. The summed E-state index contributed by atoms with van der Waals surface area (Å²) in [5.74, 6) is 1.07. The number of hydrogen-bond acceptors (Lipinski definition) is 3. The molecule has 2 aliphatic heterocycles. The van der Waals surface area contributed by atoms with Crippen molar-refractivity contribution in [3.63, 3.8) is 0 Å². The van der Waals surface area contributed by atoms with Gasteiger partial charge < -0.3 is 9.64 Å². The van der Waals surface area contributed by atoms with Crippen molar-refractivity contribution in [3.05, 3.63) is 42.5 Å². The van der Waals surface area contributed by atoms with Crippen LogP contribution in [0.15, 0.2) is 36.9 Å². The van der Waals surface area contributed by atoms with E-state index < -0.39 is 0 Å². The maximum atomic E-state index is 12.8. The fraction of sp³-hybridized carbons (Fsp3) is 0.550. The molecule has 0 aromatic heterocycles. The molecule has 1 spiro atoms. The first kappa shape index (κ1) is 17.0. The van der Waals surface area contributed by atoms with Crippen molar-refractivity contribution in [2.24, 2.45) is 0 Å². The van der Waals surface area contributed by atoms with E-state index >= 15 is 0 Å². The summed E-state index contributed by atoms with van der Waals surface area (Å²) in [7, 11) is 1.66. The molecule has 2 heterocycles. The van der Waals surface area contributed by atoms with Gasteiger partial charge in [0.1, 0.15) is 5.75 Å². The number of likely N-dealkylation sites (tertiary alicyclic amines) is 2. The van der Waals surface area contributed by atoms with E-state index in [0.29, 0.717) is 6.42 Å². The van der Waals surface area contributed by atoms with E-state index in [-0.39, 0.29) is 11.4 Å². The molecule has 2 saturated heterocycles. The fourth-order valence-corrected chi connectivity index (χ4v) is 4.25. The van der Waals surface area contributed by atoms with Gasteiger partial charge in [0.25, 0.3) is 0 Å². The predicted molar refractivity (Wildman–Crippen MR) is 96.2 cm³/mol. The number of benzene rings is 1. The summed E-state index contributed by atoms with van der Waals surface area (Å²) in [5.41, 5.74) is 1.23. The normalized spacial score (nSPS) is 24.3. The van der Waals surface area contributed by atoms with Crippen molar-refractivity contribution >= 4 is 5.91 Å². The zero-order chi connectivity index (χ0) is 17.0. The summed E-state index contributed by atoms with van der Waals surface area (Å²) >= 11 is 0. The van der Waals surface area contributed by atoms with Crippen molar-refractivity contribution in [2.75, 3.05) is 33.3 Å². The van der Waals surface area contributed by atoms with Crippen molar-refractivity contribution in [2.45, 2.75) is 37.6 Å². The molecule has 1 amide bonds. The van der Waals surface area contributed by atoms with Crippen molar-refractivity contribution in [3.8, 4) is 5.75 Å². The van der Waals surface area contributed by atoms with E-state index in [1.54, 1.807) is 7.11 Å². The van der Waals surface area contributed by atoms with Crippen molar-refractivity contribution in [1.82, 2.24) is 9.80 Å². The zero-order valence-electron chi connectivity index (χ0n) is 14.7. The number of carbonyl (C=O) groups is 1. The molecule has 130 valence electrons. The second kappa shape index (κ2) is 7.39. The van der Waals surface area contributed by atoms with Crippen LogP contribution in [0.25, 0.3) is 0 Å². The van der Waals surface area contributed by atoms with Gasteiger partial charge in [-0.25, -0.2) is 0 Å². The number of hydrogen-bond donors (Lipinski definition) is 0. The van der Waals surface area contributed by atoms with E-state index in [1.807, 2.05) is 30.3 Å². The Morgan fingerprint density at radius 3 is 2.62 bits per heavy atom. The summed E-state index contributed by atoms with van der Waals surface area (Å²) in [4.78, 5) is 17.4. The molecule has 0 saturated carbocycles. The third-order valence-corrected chi connectivity index (χ3v) is 5.51. The highest BCUT2D eigenvalue weighted by atomic mass is 16.5. The van der Waals surface area contributed by atoms with Gasteiger partial charge in [-0.2, -0.15) is 0 Å². The Balaban J connectivity index is 1.65. The van der Waals surface area contributed by atoms with Gasteiger partial charge in [0.15, 0.2) is 0 Å².